The quantitative estimate of drug-likeness (QED) is 0.514. The Labute approximate surface area is 140 Å². The highest BCUT2D eigenvalue weighted by Crippen LogP contribution is 2.55. The van der Waals surface area contributed by atoms with Gasteiger partial charge in [0.15, 0.2) is 13.7 Å². The average Bonchev–Trinajstić information content (AvgIpc) is 2.41. The van der Waals surface area contributed by atoms with Gasteiger partial charge in [0, 0.05) is 0 Å². The van der Waals surface area contributed by atoms with E-state index in [1.165, 1.54) is 0 Å². The minimum atomic E-state index is -7.00. The molecule has 164 valence electrons. The molecule has 17 heteroatoms. The molecule has 0 aromatic carbocycles. The fourth-order valence-electron chi connectivity index (χ4n) is 1.60. The van der Waals surface area contributed by atoms with Gasteiger partial charge in [-0.2, -0.15) is 52.7 Å². The van der Waals surface area contributed by atoms with Crippen molar-refractivity contribution >= 4 is 0 Å². The molecule has 0 amide bonds. The fraction of sp³-hybridized carbons (Fsp3) is 1.00. The average molecular weight is 442 g/mol. The Morgan fingerprint density at radius 2 is 0.667 bits per heavy atom. The van der Waals surface area contributed by atoms with Crippen LogP contribution in [0.25, 0.3) is 0 Å². The van der Waals surface area contributed by atoms with Crippen LogP contribution in [-0.4, -0.2) is 62.8 Å². The second kappa shape index (κ2) is 8.10. The maximum absolute atomic E-state index is 12.9. The van der Waals surface area contributed by atoms with Crippen LogP contribution in [0.3, 0.4) is 0 Å². The lowest BCUT2D eigenvalue weighted by Gasteiger charge is -2.45. The van der Waals surface area contributed by atoms with E-state index in [0.29, 0.717) is 0 Å². The third-order valence-electron chi connectivity index (χ3n) is 2.95. The smallest absolute Gasteiger partial charge is 0.347 e. The van der Waals surface area contributed by atoms with Crippen molar-refractivity contribution in [2.45, 2.75) is 35.9 Å². The Morgan fingerprint density at radius 1 is 0.444 bits per heavy atom. The minimum absolute atomic E-state index is 2.44. The van der Waals surface area contributed by atoms with Gasteiger partial charge < -0.3 is 14.2 Å². The van der Waals surface area contributed by atoms with E-state index in [-0.39, 0.29) is 0 Å². The molecule has 0 bridgehead atoms. The minimum Gasteiger partial charge on any atom is -0.347 e. The van der Waals surface area contributed by atoms with Crippen molar-refractivity contribution in [3.05, 3.63) is 0 Å². The van der Waals surface area contributed by atoms with Gasteiger partial charge in [0.1, 0.15) is 0 Å². The van der Waals surface area contributed by atoms with Crippen LogP contribution in [0.5, 0.6) is 0 Å². The van der Waals surface area contributed by atoms with Crippen LogP contribution in [0.4, 0.5) is 61.5 Å². The molecule has 0 saturated heterocycles. The molecule has 0 N–H and O–H groups in total. The first-order chi connectivity index (χ1) is 11.8. The maximum atomic E-state index is 12.9. The number of hydrogen-bond acceptors (Lipinski definition) is 3. The van der Waals surface area contributed by atoms with Gasteiger partial charge in [-0.25, -0.2) is 8.78 Å². The molecule has 0 aliphatic heterocycles. The molecule has 0 aromatic rings. The lowest BCUT2D eigenvalue weighted by molar-refractivity contribution is -0.477. The highest BCUT2D eigenvalue weighted by Gasteiger charge is 2.82. The standard InChI is InChI=1S/C10H8F14O3/c11-3-25-1-5(7(13,14)15,8(16,17)18)27-6(2-26-4-12,9(19,20)21)10(22,23)24/h1-4H2. The molecule has 0 radical (unpaired) electrons. The lowest BCUT2D eigenvalue weighted by atomic mass is 9.97. The van der Waals surface area contributed by atoms with Gasteiger partial charge in [0.05, 0.1) is 13.2 Å². The van der Waals surface area contributed by atoms with E-state index in [4.69, 9.17) is 0 Å². The SMILES string of the molecule is FCOCC(OC(COCF)(C(F)(F)F)C(F)(F)F)(C(F)(F)F)C(F)(F)F. The van der Waals surface area contributed by atoms with E-state index in [2.05, 4.69) is 14.2 Å². The molecule has 0 unspecified atom stereocenters. The molecule has 0 aromatic heterocycles. The normalized spacial score (nSPS) is 15.3. The topological polar surface area (TPSA) is 27.7 Å². The molecule has 0 atom stereocenters. The van der Waals surface area contributed by atoms with Gasteiger partial charge in [-0.3, -0.25) is 0 Å². The van der Waals surface area contributed by atoms with Crippen LogP contribution in [0.15, 0.2) is 0 Å². The van der Waals surface area contributed by atoms with Crippen LogP contribution >= 0.6 is 0 Å². The first-order valence-corrected chi connectivity index (χ1v) is 6.07. The van der Waals surface area contributed by atoms with Crippen molar-refractivity contribution in [1.29, 1.82) is 0 Å². The van der Waals surface area contributed by atoms with Crippen molar-refractivity contribution in [3.8, 4) is 0 Å². The summed E-state index contributed by atoms with van der Waals surface area (Å²) in [5.74, 6) is 0. The summed E-state index contributed by atoms with van der Waals surface area (Å²) in [4.78, 5) is 0. The molecule has 0 aliphatic carbocycles. The molecule has 0 fully saturated rings. The molecule has 0 spiro atoms. The summed E-state index contributed by atoms with van der Waals surface area (Å²) in [6.45, 7) is -11.2. The van der Waals surface area contributed by atoms with Crippen LogP contribution in [-0.2, 0) is 14.2 Å². The predicted octanol–water partition coefficient (Wildman–Crippen LogP) is 4.62. The van der Waals surface area contributed by atoms with Gasteiger partial charge in [-0.05, 0) is 0 Å². The third-order valence-corrected chi connectivity index (χ3v) is 2.95. The zero-order chi connectivity index (χ0) is 21.9. The van der Waals surface area contributed by atoms with Gasteiger partial charge in [-0.1, -0.05) is 0 Å². The van der Waals surface area contributed by atoms with Crippen molar-refractivity contribution in [2.75, 3.05) is 26.9 Å². The van der Waals surface area contributed by atoms with Gasteiger partial charge >= 0.3 is 24.7 Å². The van der Waals surface area contributed by atoms with Crippen LogP contribution in [0, 0.1) is 0 Å². The van der Waals surface area contributed by atoms with Gasteiger partial charge in [0.2, 0.25) is 0 Å². The first-order valence-electron chi connectivity index (χ1n) is 6.07. The molecular formula is C10H8F14O3. The molecule has 0 aliphatic rings. The molecule has 27 heavy (non-hydrogen) atoms. The zero-order valence-electron chi connectivity index (χ0n) is 12.3. The van der Waals surface area contributed by atoms with Crippen molar-refractivity contribution in [3.63, 3.8) is 0 Å². The lowest BCUT2D eigenvalue weighted by Crippen LogP contribution is -2.72. The second-order valence-electron chi connectivity index (χ2n) is 4.66. The maximum Gasteiger partial charge on any atom is 0.428 e. The van der Waals surface area contributed by atoms with Gasteiger partial charge in [-0.15, -0.1) is 0 Å². The van der Waals surface area contributed by atoms with Crippen molar-refractivity contribution in [2.24, 2.45) is 0 Å². The zero-order valence-corrected chi connectivity index (χ0v) is 12.3. The number of rotatable bonds is 8. The number of halogens is 14. The van der Waals surface area contributed by atoms with Gasteiger partial charge in [0.25, 0.3) is 11.2 Å². The molecule has 3 nitrogen and oxygen atoms in total. The molecule has 0 heterocycles. The van der Waals surface area contributed by atoms with Crippen molar-refractivity contribution < 1.29 is 75.7 Å². The second-order valence-corrected chi connectivity index (χ2v) is 4.66. The molecular weight excluding hydrogens is 434 g/mol. The largest absolute Gasteiger partial charge is 0.428 e. The number of hydrogen-bond donors (Lipinski definition) is 0. The Morgan fingerprint density at radius 3 is 0.815 bits per heavy atom. The summed E-state index contributed by atoms with van der Waals surface area (Å²) in [5.41, 5.74) is -12.6. The summed E-state index contributed by atoms with van der Waals surface area (Å²) in [6, 6.07) is 0. The van der Waals surface area contributed by atoms with Crippen LogP contribution < -0.4 is 0 Å². The van der Waals surface area contributed by atoms with E-state index < -0.39 is 62.8 Å². The Hall–Kier alpha value is -1.10. The number of alkyl halides is 14. The fourth-order valence-corrected chi connectivity index (χ4v) is 1.60. The van der Waals surface area contributed by atoms with E-state index >= 15 is 0 Å². The Bertz CT molecular complexity index is 392. The van der Waals surface area contributed by atoms with E-state index in [1.807, 2.05) is 0 Å². The molecule has 0 saturated carbocycles. The van der Waals surface area contributed by atoms with E-state index in [9.17, 15) is 61.5 Å². The summed E-state index contributed by atoms with van der Waals surface area (Å²) in [7, 11) is 0. The van der Waals surface area contributed by atoms with Crippen LogP contribution in [0.1, 0.15) is 0 Å². The monoisotopic (exact) mass is 442 g/mol. The summed E-state index contributed by atoms with van der Waals surface area (Å²) in [5, 5.41) is 0. The molecule has 0 rings (SSSR count). The Kier molecular flexibility index (Phi) is 7.77. The highest BCUT2D eigenvalue weighted by molar-refractivity contribution is 5.05. The Balaban J connectivity index is 6.77. The first kappa shape index (κ1) is 25.9. The summed E-state index contributed by atoms with van der Waals surface area (Å²) >= 11 is 0. The van der Waals surface area contributed by atoms with Crippen molar-refractivity contribution in [1.82, 2.24) is 0 Å². The van der Waals surface area contributed by atoms with E-state index in [0.717, 1.165) is 0 Å². The third kappa shape index (κ3) is 5.04. The van der Waals surface area contributed by atoms with E-state index in [1.54, 1.807) is 0 Å². The predicted molar refractivity (Wildman–Crippen MR) is 54.6 cm³/mol. The number of ether oxygens (including phenoxy) is 3. The summed E-state index contributed by atoms with van der Waals surface area (Å²) in [6.07, 6.45) is -28.0. The summed E-state index contributed by atoms with van der Waals surface area (Å²) < 4.78 is 188. The highest BCUT2D eigenvalue weighted by atomic mass is 19.4. The van der Waals surface area contributed by atoms with Crippen LogP contribution in [0.2, 0.25) is 0 Å².